The monoisotopic (exact) mass is 491 g/mol. The van der Waals surface area contributed by atoms with Crippen LogP contribution in [0.1, 0.15) is 22.8 Å². The second-order valence-electron chi connectivity index (χ2n) is 9.46. The molecule has 7 nitrogen and oxygen atoms in total. The van der Waals surface area contributed by atoms with Crippen molar-refractivity contribution in [2.45, 2.75) is 22.6 Å². The Morgan fingerprint density at radius 1 is 1.06 bits per heavy atom. The number of fused-ring (bicyclic) bond motifs is 9. The number of nitrogens with zero attached hydrogens (tertiary/aromatic N) is 2. The summed E-state index contributed by atoms with van der Waals surface area (Å²) in [4.78, 5) is 49.4. The lowest BCUT2D eigenvalue weighted by atomic mass is 9.68. The molecule has 7 rings (SSSR count). The van der Waals surface area contributed by atoms with E-state index in [4.69, 9.17) is 4.74 Å². The van der Waals surface area contributed by atoms with E-state index in [0.717, 1.165) is 21.9 Å². The molecule has 2 aliphatic heterocycles. The summed E-state index contributed by atoms with van der Waals surface area (Å²) in [6.45, 7) is 0. The number of thiazole rings is 1. The lowest BCUT2D eigenvalue weighted by Crippen LogP contribution is -2.42. The SMILES string of the molecule is COc1ccc(N2C(=O)[C@@H]3[C@@H]4C[C@H]([C@H]5Sc6[nH]c(=O)sc6[C@@H](c6cccnc6)[C@H]45)[C@@H]3C2=O)cc1. The summed E-state index contributed by atoms with van der Waals surface area (Å²) in [5.41, 5.74) is 1.68. The topological polar surface area (TPSA) is 92.4 Å². The number of hydrogen-bond acceptors (Lipinski definition) is 7. The summed E-state index contributed by atoms with van der Waals surface area (Å²) >= 11 is 2.96. The van der Waals surface area contributed by atoms with Gasteiger partial charge in [0.15, 0.2) is 0 Å². The lowest BCUT2D eigenvalue weighted by molar-refractivity contribution is -0.123. The van der Waals surface area contributed by atoms with Crippen LogP contribution >= 0.6 is 23.1 Å². The summed E-state index contributed by atoms with van der Waals surface area (Å²) in [5.74, 6) is 0.309. The van der Waals surface area contributed by atoms with Crippen LogP contribution in [-0.4, -0.2) is 34.1 Å². The molecule has 7 atom stereocenters. The number of benzene rings is 1. The highest BCUT2D eigenvalue weighted by Crippen LogP contribution is 2.68. The van der Waals surface area contributed by atoms with Gasteiger partial charge in [-0.1, -0.05) is 17.4 Å². The average Bonchev–Trinajstić information content (AvgIpc) is 3.58. The third kappa shape index (κ3) is 2.65. The third-order valence-corrected chi connectivity index (χ3v) is 10.7. The van der Waals surface area contributed by atoms with Crippen molar-refractivity contribution in [2.75, 3.05) is 12.0 Å². The fourth-order valence-electron chi connectivity index (χ4n) is 6.94. The van der Waals surface area contributed by atoms with Crippen LogP contribution < -0.4 is 14.5 Å². The third-order valence-electron chi connectivity index (χ3n) is 8.10. The smallest absolute Gasteiger partial charge is 0.305 e. The molecule has 172 valence electrons. The number of aromatic amines is 1. The minimum Gasteiger partial charge on any atom is -0.497 e. The average molecular weight is 492 g/mol. The van der Waals surface area contributed by atoms with Gasteiger partial charge in [-0.25, -0.2) is 0 Å². The largest absolute Gasteiger partial charge is 0.497 e. The summed E-state index contributed by atoms with van der Waals surface area (Å²) in [6, 6.07) is 11.1. The maximum absolute atomic E-state index is 13.7. The van der Waals surface area contributed by atoms with Crippen LogP contribution in [0.15, 0.2) is 58.6 Å². The van der Waals surface area contributed by atoms with Gasteiger partial charge < -0.3 is 9.72 Å². The first-order valence-electron chi connectivity index (χ1n) is 11.4. The molecule has 4 heterocycles. The molecule has 34 heavy (non-hydrogen) atoms. The summed E-state index contributed by atoms with van der Waals surface area (Å²) < 4.78 is 5.23. The number of nitrogens with one attached hydrogen (secondary N) is 1. The molecule has 2 aromatic heterocycles. The van der Waals surface area contributed by atoms with E-state index in [2.05, 4.69) is 16.0 Å². The molecule has 0 unspecified atom stereocenters. The Morgan fingerprint density at radius 2 is 1.82 bits per heavy atom. The Kier molecular flexibility index (Phi) is 4.39. The van der Waals surface area contributed by atoms with Crippen LogP contribution in [0, 0.1) is 29.6 Å². The number of thioether (sulfide) groups is 1. The Labute approximate surface area is 203 Å². The normalized spacial score (nSPS) is 33.1. The van der Waals surface area contributed by atoms with Gasteiger partial charge in [0.05, 0.1) is 29.7 Å². The number of carbonyl (C=O) groups is 2. The number of rotatable bonds is 3. The van der Waals surface area contributed by atoms with E-state index in [9.17, 15) is 14.4 Å². The number of ether oxygens (including phenoxy) is 1. The van der Waals surface area contributed by atoms with E-state index in [-0.39, 0.29) is 57.4 Å². The van der Waals surface area contributed by atoms with Gasteiger partial charge in [-0.15, -0.1) is 11.8 Å². The Balaban J connectivity index is 1.30. The van der Waals surface area contributed by atoms with Crippen molar-refractivity contribution >= 4 is 40.6 Å². The molecule has 2 aliphatic carbocycles. The lowest BCUT2D eigenvalue weighted by Gasteiger charge is -2.42. The zero-order valence-electron chi connectivity index (χ0n) is 18.2. The maximum atomic E-state index is 13.7. The van der Waals surface area contributed by atoms with Crippen molar-refractivity contribution in [3.63, 3.8) is 0 Å². The van der Waals surface area contributed by atoms with E-state index in [1.807, 2.05) is 12.3 Å². The van der Waals surface area contributed by atoms with Gasteiger partial charge >= 0.3 is 4.87 Å². The van der Waals surface area contributed by atoms with Crippen molar-refractivity contribution in [3.05, 3.63) is 68.9 Å². The summed E-state index contributed by atoms with van der Waals surface area (Å²) in [6.07, 6.45) is 4.50. The standard InChI is InChI=1S/C25H21N3O4S2/c1-32-13-6-4-12(5-7-13)28-23(29)18-14-9-15(19(18)24(28)30)20-17(14)16(11-3-2-8-26-10-11)21-22(33-20)27-25(31)34-21/h2-8,10,14-20H,9H2,1H3,(H,27,31)/t14-,15+,16+,17+,18-,19+,20-/m1/s1. The van der Waals surface area contributed by atoms with E-state index in [0.29, 0.717) is 11.4 Å². The highest BCUT2D eigenvalue weighted by Gasteiger charge is 2.69. The number of pyridine rings is 1. The van der Waals surface area contributed by atoms with Gasteiger partial charge in [-0.05, 0) is 60.1 Å². The Hall–Kier alpha value is -2.91. The number of H-pyrrole nitrogens is 1. The molecular weight excluding hydrogens is 470 g/mol. The van der Waals surface area contributed by atoms with Gasteiger partial charge in [0.25, 0.3) is 0 Å². The predicted octanol–water partition coefficient (Wildman–Crippen LogP) is 3.52. The van der Waals surface area contributed by atoms with E-state index < -0.39 is 0 Å². The molecule has 2 bridgehead atoms. The van der Waals surface area contributed by atoms with Gasteiger partial charge in [-0.3, -0.25) is 24.3 Å². The quantitative estimate of drug-likeness (QED) is 0.564. The van der Waals surface area contributed by atoms with E-state index >= 15 is 0 Å². The van der Waals surface area contributed by atoms with Crippen molar-refractivity contribution in [1.82, 2.24) is 9.97 Å². The molecule has 2 amide bonds. The Morgan fingerprint density at radius 3 is 2.53 bits per heavy atom. The molecule has 3 fully saturated rings. The molecule has 1 N–H and O–H groups in total. The molecule has 9 heteroatoms. The van der Waals surface area contributed by atoms with Crippen LogP contribution in [-0.2, 0) is 9.59 Å². The van der Waals surface area contributed by atoms with E-state index in [1.54, 1.807) is 49.3 Å². The fourth-order valence-corrected chi connectivity index (χ4v) is 9.82. The van der Waals surface area contributed by atoms with Crippen LogP contribution in [0.3, 0.4) is 0 Å². The number of amides is 2. The second kappa shape index (κ2) is 7.29. The first-order chi connectivity index (χ1) is 16.6. The number of carbonyl (C=O) groups excluding carboxylic acids is 2. The number of anilines is 1. The predicted molar refractivity (Wildman–Crippen MR) is 128 cm³/mol. The highest BCUT2D eigenvalue weighted by atomic mass is 32.2. The second-order valence-corrected chi connectivity index (χ2v) is 11.7. The number of hydrogen-bond donors (Lipinski definition) is 1. The van der Waals surface area contributed by atoms with Gasteiger partial charge in [0.1, 0.15) is 5.75 Å². The molecule has 4 aliphatic rings. The van der Waals surface area contributed by atoms with Crippen molar-refractivity contribution in [1.29, 1.82) is 0 Å². The summed E-state index contributed by atoms with van der Waals surface area (Å²) in [7, 11) is 1.59. The zero-order chi connectivity index (χ0) is 23.1. The molecule has 2 saturated carbocycles. The van der Waals surface area contributed by atoms with Crippen LogP contribution in [0.25, 0.3) is 0 Å². The minimum absolute atomic E-state index is 0.00721. The molecule has 0 spiro atoms. The zero-order valence-corrected chi connectivity index (χ0v) is 19.8. The minimum atomic E-state index is -0.308. The van der Waals surface area contributed by atoms with Gasteiger partial charge in [-0.2, -0.15) is 0 Å². The molecular formula is C25H21N3O4S2. The van der Waals surface area contributed by atoms with Crippen LogP contribution in [0.4, 0.5) is 5.69 Å². The Bertz CT molecular complexity index is 1370. The van der Waals surface area contributed by atoms with Crippen molar-refractivity contribution < 1.29 is 14.3 Å². The first kappa shape index (κ1) is 20.5. The van der Waals surface area contributed by atoms with Crippen LogP contribution in [0.5, 0.6) is 5.75 Å². The van der Waals surface area contributed by atoms with Crippen LogP contribution in [0.2, 0.25) is 0 Å². The van der Waals surface area contributed by atoms with E-state index in [1.165, 1.54) is 16.2 Å². The number of aromatic nitrogens is 2. The fraction of sp³-hybridized carbons (Fsp3) is 0.360. The molecule has 1 aromatic carbocycles. The van der Waals surface area contributed by atoms with Crippen molar-refractivity contribution in [3.8, 4) is 5.75 Å². The molecule has 1 saturated heterocycles. The maximum Gasteiger partial charge on any atom is 0.305 e. The van der Waals surface area contributed by atoms with Crippen molar-refractivity contribution in [2.24, 2.45) is 29.6 Å². The van der Waals surface area contributed by atoms with Gasteiger partial charge in [0.2, 0.25) is 11.8 Å². The number of methoxy groups -OCH3 is 1. The van der Waals surface area contributed by atoms with Gasteiger partial charge in [0, 0.05) is 28.4 Å². The first-order valence-corrected chi connectivity index (χ1v) is 13.1. The molecule has 0 radical (unpaired) electrons. The highest BCUT2D eigenvalue weighted by molar-refractivity contribution is 8.00. The molecule has 3 aromatic rings. The number of imide groups is 1. The summed E-state index contributed by atoms with van der Waals surface area (Å²) in [5, 5.41) is 1.10.